The van der Waals surface area contributed by atoms with E-state index < -0.39 is 0 Å². The van der Waals surface area contributed by atoms with E-state index in [1.165, 1.54) is 30.4 Å². The summed E-state index contributed by atoms with van der Waals surface area (Å²) in [5.74, 6) is 1.92. The third-order valence-corrected chi connectivity index (χ3v) is 8.89. The van der Waals surface area contributed by atoms with Gasteiger partial charge in [-0.15, -0.1) is 0 Å². The predicted octanol–water partition coefficient (Wildman–Crippen LogP) is 8.67. The van der Waals surface area contributed by atoms with Crippen molar-refractivity contribution in [2.75, 3.05) is 0 Å². The highest BCUT2D eigenvalue weighted by Gasteiger charge is 2.40. The molecule has 6 heteroatoms. The van der Waals surface area contributed by atoms with Gasteiger partial charge in [0.25, 0.3) is 0 Å². The van der Waals surface area contributed by atoms with Crippen LogP contribution in [0.4, 0.5) is 0 Å². The minimum absolute atomic E-state index is 0.165. The first-order chi connectivity index (χ1) is 13.2. The Labute approximate surface area is 200 Å². The molecular formula is C22H24Br4O2. The van der Waals surface area contributed by atoms with Crippen molar-refractivity contribution in [3.8, 4) is 11.5 Å². The SMILES string of the molecule is CCC(C)C1CCC(c2cc(Br)c(O)c(Br)c2)(c2cc(Br)c(O)c(Br)c2)CC1. The van der Waals surface area contributed by atoms with Crippen molar-refractivity contribution in [2.45, 2.75) is 51.4 Å². The van der Waals surface area contributed by atoms with E-state index in [9.17, 15) is 10.2 Å². The van der Waals surface area contributed by atoms with E-state index in [4.69, 9.17) is 0 Å². The number of aromatic hydroxyl groups is 2. The highest BCUT2D eigenvalue weighted by molar-refractivity contribution is 9.11. The van der Waals surface area contributed by atoms with E-state index in [-0.39, 0.29) is 16.9 Å². The molecule has 1 saturated carbocycles. The second-order valence-corrected chi connectivity index (χ2v) is 11.3. The van der Waals surface area contributed by atoms with E-state index in [0.717, 1.165) is 24.7 Å². The molecule has 28 heavy (non-hydrogen) atoms. The lowest BCUT2D eigenvalue weighted by Gasteiger charge is -2.43. The number of phenolic OH excluding ortho intramolecular Hbond substituents is 2. The number of hydrogen-bond acceptors (Lipinski definition) is 2. The van der Waals surface area contributed by atoms with Crippen LogP contribution in [0.5, 0.6) is 11.5 Å². The van der Waals surface area contributed by atoms with Crippen LogP contribution >= 0.6 is 63.7 Å². The highest BCUT2D eigenvalue weighted by atomic mass is 79.9. The minimum Gasteiger partial charge on any atom is -0.506 e. The van der Waals surface area contributed by atoms with Crippen molar-refractivity contribution in [3.05, 3.63) is 53.3 Å². The molecule has 2 nitrogen and oxygen atoms in total. The predicted molar refractivity (Wildman–Crippen MR) is 129 cm³/mol. The molecule has 1 fully saturated rings. The Morgan fingerprint density at radius 3 is 1.54 bits per heavy atom. The molecule has 0 saturated heterocycles. The van der Waals surface area contributed by atoms with Gasteiger partial charge in [-0.3, -0.25) is 0 Å². The Morgan fingerprint density at radius 1 is 0.857 bits per heavy atom. The summed E-state index contributed by atoms with van der Waals surface area (Å²) in [5, 5.41) is 20.4. The summed E-state index contributed by atoms with van der Waals surface area (Å²) in [6, 6.07) is 8.16. The van der Waals surface area contributed by atoms with Crippen LogP contribution < -0.4 is 0 Å². The van der Waals surface area contributed by atoms with E-state index in [0.29, 0.717) is 17.9 Å². The van der Waals surface area contributed by atoms with Crippen LogP contribution in [0.2, 0.25) is 0 Å². The van der Waals surface area contributed by atoms with Crippen LogP contribution in [0.15, 0.2) is 42.2 Å². The van der Waals surface area contributed by atoms with Gasteiger partial charge in [0.1, 0.15) is 11.5 Å². The maximum Gasteiger partial charge on any atom is 0.143 e. The van der Waals surface area contributed by atoms with Crippen molar-refractivity contribution in [1.82, 2.24) is 0 Å². The van der Waals surface area contributed by atoms with Gasteiger partial charge in [0.2, 0.25) is 0 Å². The van der Waals surface area contributed by atoms with Gasteiger partial charge in [-0.05, 0) is 137 Å². The molecule has 0 radical (unpaired) electrons. The van der Waals surface area contributed by atoms with E-state index in [1.807, 2.05) is 24.3 Å². The average Bonchev–Trinajstić information content (AvgIpc) is 2.68. The molecule has 2 aromatic carbocycles. The molecule has 1 aliphatic rings. The molecule has 152 valence electrons. The monoisotopic (exact) mass is 636 g/mol. The zero-order valence-corrected chi connectivity index (χ0v) is 22.2. The van der Waals surface area contributed by atoms with Crippen molar-refractivity contribution in [1.29, 1.82) is 0 Å². The lowest BCUT2D eigenvalue weighted by Crippen LogP contribution is -2.34. The van der Waals surface area contributed by atoms with Crippen LogP contribution in [0.25, 0.3) is 0 Å². The van der Waals surface area contributed by atoms with Gasteiger partial charge in [0.15, 0.2) is 0 Å². The van der Waals surface area contributed by atoms with Crippen molar-refractivity contribution < 1.29 is 10.2 Å². The molecule has 1 unspecified atom stereocenters. The van der Waals surface area contributed by atoms with Gasteiger partial charge >= 0.3 is 0 Å². The fourth-order valence-corrected chi connectivity index (χ4v) is 6.84. The van der Waals surface area contributed by atoms with Gasteiger partial charge in [0, 0.05) is 5.41 Å². The van der Waals surface area contributed by atoms with E-state index >= 15 is 0 Å². The molecule has 0 heterocycles. The topological polar surface area (TPSA) is 40.5 Å². The van der Waals surface area contributed by atoms with Gasteiger partial charge in [-0.25, -0.2) is 0 Å². The molecule has 1 aliphatic carbocycles. The van der Waals surface area contributed by atoms with Gasteiger partial charge in [-0.1, -0.05) is 20.3 Å². The molecule has 0 aliphatic heterocycles. The first-order valence-corrected chi connectivity index (χ1v) is 12.7. The summed E-state index contributed by atoms with van der Waals surface area (Å²) in [5.41, 5.74) is 2.19. The van der Waals surface area contributed by atoms with Crippen molar-refractivity contribution in [3.63, 3.8) is 0 Å². The van der Waals surface area contributed by atoms with Crippen molar-refractivity contribution in [2.24, 2.45) is 11.8 Å². The molecule has 0 amide bonds. The van der Waals surface area contributed by atoms with Crippen LogP contribution in [0.1, 0.15) is 57.1 Å². The Balaban J connectivity index is 2.13. The Hall–Kier alpha value is -0.0400. The molecule has 2 aromatic rings. The van der Waals surface area contributed by atoms with E-state index in [1.54, 1.807) is 0 Å². The third kappa shape index (κ3) is 4.21. The standard InChI is InChI=1S/C22H24Br4O2/c1-3-12(2)13-4-6-22(7-5-13,14-8-16(23)20(27)17(24)9-14)15-10-18(25)21(28)19(26)11-15/h8-13,27-28H,3-7H2,1-2H3. The Kier molecular flexibility index (Phi) is 7.27. The van der Waals surface area contributed by atoms with E-state index in [2.05, 4.69) is 77.6 Å². The smallest absolute Gasteiger partial charge is 0.143 e. The molecule has 0 spiro atoms. The normalized spacial score (nSPS) is 18.2. The van der Waals surface area contributed by atoms with Crippen LogP contribution in [-0.4, -0.2) is 10.2 Å². The number of hydrogen-bond donors (Lipinski definition) is 2. The maximum atomic E-state index is 10.2. The lowest BCUT2D eigenvalue weighted by atomic mass is 9.61. The lowest BCUT2D eigenvalue weighted by molar-refractivity contribution is 0.204. The highest BCUT2D eigenvalue weighted by Crippen LogP contribution is 2.52. The zero-order valence-electron chi connectivity index (χ0n) is 15.9. The van der Waals surface area contributed by atoms with Gasteiger partial charge in [-0.2, -0.15) is 0 Å². The van der Waals surface area contributed by atoms with Crippen LogP contribution in [0, 0.1) is 11.8 Å². The summed E-state index contributed by atoms with van der Waals surface area (Å²) < 4.78 is 2.77. The van der Waals surface area contributed by atoms with Crippen LogP contribution in [-0.2, 0) is 5.41 Å². The first kappa shape index (κ1) is 22.6. The number of benzene rings is 2. The molecule has 2 N–H and O–H groups in total. The molecule has 0 bridgehead atoms. The largest absolute Gasteiger partial charge is 0.506 e. The fourth-order valence-electron chi connectivity index (χ4n) is 4.46. The van der Waals surface area contributed by atoms with Crippen molar-refractivity contribution >= 4 is 63.7 Å². The second-order valence-electron chi connectivity index (χ2n) is 7.88. The summed E-state index contributed by atoms with van der Waals surface area (Å²) >= 11 is 14.0. The average molecular weight is 640 g/mol. The second kappa shape index (κ2) is 8.99. The van der Waals surface area contributed by atoms with Gasteiger partial charge in [0.05, 0.1) is 17.9 Å². The maximum absolute atomic E-state index is 10.2. The zero-order chi connectivity index (χ0) is 20.6. The molecule has 3 rings (SSSR count). The van der Waals surface area contributed by atoms with Crippen LogP contribution in [0.3, 0.4) is 0 Å². The molecular weight excluding hydrogens is 616 g/mol. The molecule has 0 aromatic heterocycles. The summed E-state index contributed by atoms with van der Waals surface area (Å²) in [4.78, 5) is 0. The molecule has 1 atom stereocenters. The summed E-state index contributed by atoms with van der Waals surface area (Å²) in [6.07, 6.45) is 5.62. The number of phenols is 2. The quantitative estimate of drug-likeness (QED) is 0.352. The van der Waals surface area contributed by atoms with Gasteiger partial charge < -0.3 is 10.2 Å². The number of halogens is 4. The summed E-state index contributed by atoms with van der Waals surface area (Å²) in [7, 11) is 0. The first-order valence-electron chi connectivity index (χ1n) is 9.56. The minimum atomic E-state index is -0.165. The number of rotatable bonds is 4. The Bertz CT molecular complexity index is 767. The summed E-state index contributed by atoms with van der Waals surface area (Å²) in [6.45, 7) is 4.63. The Morgan fingerprint density at radius 2 is 1.21 bits per heavy atom. The fraction of sp³-hybridized carbons (Fsp3) is 0.455. The third-order valence-electron chi connectivity index (χ3n) is 6.47.